The van der Waals surface area contributed by atoms with Gasteiger partial charge in [-0.15, -0.1) is 0 Å². The van der Waals surface area contributed by atoms with Crippen molar-refractivity contribution in [3.63, 3.8) is 0 Å². The number of methoxy groups -OCH3 is 1. The first-order valence-electron chi connectivity index (χ1n) is 7.87. The largest absolute Gasteiger partial charge is 0.491 e. The molecule has 0 aromatic heterocycles. The average molecular weight is 322 g/mol. The zero-order valence-electron chi connectivity index (χ0n) is 13.4. The summed E-state index contributed by atoms with van der Waals surface area (Å²) in [5, 5.41) is 13.7. The number of azide groups is 1. The lowest BCUT2D eigenvalue weighted by Crippen LogP contribution is -2.54. The Labute approximate surface area is 134 Å². The third kappa shape index (κ3) is 3.33. The van der Waals surface area contributed by atoms with Gasteiger partial charge in [-0.2, -0.15) is 0 Å². The van der Waals surface area contributed by atoms with E-state index in [2.05, 4.69) is 10.0 Å². The summed E-state index contributed by atoms with van der Waals surface area (Å²) < 4.78 is 5.07. The molecule has 0 aliphatic heterocycles. The Morgan fingerprint density at radius 2 is 2.00 bits per heavy atom. The SMILES string of the molecule is COc1c(N(C2CCCCC2)[C@@H](C)[C@H](O)CN=[N+]=[N-])c(=O)c1=O. The van der Waals surface area contributed by atoms with Gasteiger partial charge in [-0.1, -0.05) is 24.4 Å². The second kappa shape index (κ2) is 7.48. The molecule has 2 atom stereocenters. The standard InChI is InChI=1S/C15H22N4O4/c1-9(11(20)8-17-18-16)19(10-6-4-3-5-7-10)12-13(21)14(22)15(12)23-2/h9-11,20H,3-8H2,1-2H3/t9-,11+/m0/s1. The van der Waals surface area contributed by atoms with Crippen LogP contribution in [0.2, 0.25) is 0 Å². The molecule has 23 heavy (non-hydrogen) atoms. The fraction of sp³-hybridized carbons (Fsp3) is 0.733. The van der Waals surface area contributed by atoms with Gasteiger partial charge in [0.1, 0.15) is 5.69 Å². The first-order chi connectivity index (χ1) is 11.0. The molecule has 1 aliphatic rings. The van der Waals surface area contributed by atoms with Crippen LogP contribution < -0.4 is 20.5 Å². The monoisotopic (exact) mass is 322 g/mol. The Morgan fingerprint density at radius 1 is 1.35 bits per heavy atom. The van der Waals surface area contributed by atoms with Crippen LogP contribution in [0.3, 0.4) is 0 Å². The first-order valence-corrected chi connectivity index (χ1v) is 7.87. The summed E-state index contributed by atoms with van der Waals surface area (Å²) in [4.78, 5) is 28.2. The molecule has 1 aromatic rings. The van der Waals surface area contributed by atoms with Gasteiger partial charge in [0.2, 0.25) is 0 Å². The van der Waals surface area contributed by atoms with E-state index >= 15 is 0 Å². The first kappa shape index (κ1) is 17.3. The molecule has 0 unspecified atom stereocenters. The van der Waals surface area contributed by atoms with Crippen molar-refractivity contribution in [2.75, 3.05) is 18.6 Å². The maximum atomic E-state index is 12.1. The third-order valence-electron chi connectivity index (χ3n) is 4.60. The van der Waals surface area contributed by atoms with E-state index in [1.54, 1.807) is 11.8 Å². The Bertz CT molecular complexity index is 655. The maximum absolute atomic E-state index is 12.1. The van der Waals surface area contributed by atoms with E-state index in [4.69, 9.17) is 10.3 Å². The van der Waals surface area contributed by atoms with Crippen molar-refractivity contribution < 1.29 is 9.84 Å². The van der Waals surface area contributed by atoms with E-state index in [0.717, 1.165) is 32.1 Å². The number of ether oxygens (including phenoxy) is 1. The molecule has 0 heterocycles. The number of hydrogen-bond acceptors (Lipinski definition) is 6. The van der Waals surface area contributed by atoms with Crippen LogP contribution in [-0.2, 0) is 0 Å². The van der Waals surface area contributed by atoms with Crippen molar-refractivity contribution in [2.24, 2.45) is 5.11 Å². The van der Waals surface area contributed by atoms with Gasteiger partial charge in [-0.3, -0.25) is 9.59 Å². The molecule has 126 valence electrons. The second-order valence-corrected chi connectivity index (χ2v) is 5.96. The summed E-state index contributed by atoms with van der Waals surface area (Å²) in [7, 11) is 1.36. The van der Waals surface area contributed by atoms with Crippen LogP contribution in [-0.4, -0.2) is 36.9 Å². The highest BCUT2D eigenvalue weighted by Gasteiger charge is 2.36. The van der Waals surface area contributed by atoms with Crippen molar-refractivity contribution in [3.05, 3.63) is 30.9 Å². The lowest BCUT2D eigenvalue weighted by molar-refractivity contribution is 0.146. The highest BCUT2D eigenvalue weighted by molar-refractivity contribution is 5.65. The van der Waals surface area contributed by atoms with Gasteiger partial charge >= 0.3 is 0 Å². The van der Waals surface area contributed by atoms with Crippen LogP contribution in [0.4, 0.5) is 5.69 Å². The van der Waals surface area contributed by atoms with Crippen LogP contribution in [0.1, 0.15) is 39.0 Å². The Morgan fingerprint density at radius 3 is 2.57 bits per heavy atom. The predicted octanol–water partition coefficient (Wildman–Crippen LogP) is 1.49. The molecule has 2 rings (SSSR count). The van der Waals surface area contributed by atoms with Gasteiger partial charge < -0.3 is 14.7 Å². The average Bonchev–Trinajstić information content (AvgIpc) is 2.59. The molecule has 0 saturated heterocycles. The summed E-state index contributed by atoms with van der Waals surface area (Å²) in [5.41, 5.74) is 7.46. The van der Waals surface area contributed by atoms with Crippen molar-refractivity contribution in [2.45, 2.75) is 57.2 Å². The highest BCUT2D eigenvalue weighted by atomic mass is 16.5. The lowest BCUT2D eigenvalue weighted by atomic mass is 9.91. The van der Waals surface area contributed by atoms with Crippen molar-refractivity contribution in [1.29, 1.82) is 0 Å². The molecule has 0 radical (unpaired) electrons. The minimum absolute atomic E-state index is 0.0587. The molecule has 1 aliphatic carbocycles. The van der Waals surface area contributed by atoms with Crippen LogP contribution in [0.15, 0.2) is 14.7 Å². The quantitative estimate of drug-likeness (QED) is 0.353. The summed E-state index contributed by atoms with van der Waals surface area (Å²) in [6.07, 6.45) is 4.07. The zero-order chi connectivity index (χ0) is 17.0. The number of rotatable bonds is 7. The fourth-order valence-electron chi connectivity index (χ4n) is 3.32. The van der Waals surface area contributed by atoms with E-state index in [1.165, 1.54) is 7.11 Å². The maximum Gasteiger partial charge on any atom is 0.272 e. The topological polar surface area (TPSA) is 116 Å². The van der Waals surface area contributed by atoms with Crippen molar-refractivity contribution in [1.82, 2.24) is 0 Å². The normalized spacial score (nSPS) is 18.2. The van der Waals surface area contributed by atoms with Crippen LogP contribution >= 0.6 is 0 Å². The molecule has 1 fully saturated rings. The second-order valence-electron chi connectivity index (χ2n) is 5.96. The number of anilines is 1. The molecule has 8 nitrogen and oxygen atoms in total. The molecular formula is C15H22N4O4. The van der Waals surface area contributed by atoms with Crippen LogP contribution in [0.5, 0.6) is 5.75 Å². The van der Waals surface area contributed by atoms with E-state index in [-0.39, 0.29) is 24.0 Å². The smallest absolute Gasteiger partial charge is 0.272 e. The highest BCUT2D eigenvalue weighted by Crippen LogP contribution is 2.33. The van der Waals surface area contributed by atoms with E-state index in [0.29, 0.717) is 0 Å². The van der Waals surface area contributed by atoms with Crippen molar-refractivity contribution >= 4 is 5.69 Å². The van der Waals surface area contributed by atoms with Crippen molar-refractivity contribution in [3.8, 4) is 5.75 Å². The molecule has 0 bridgehead atoms. The van der Waals surface area contributed by atoms with E-state index in [9.17, 15) is 14.7 Å². The fourth-order valence-corrected chi connectivity index (χ4v) is 3.32. The summed E-state index contributed by atoms with van der Waals surface area (Å²) in [6, 6.07) is -0.391. The van der Waals surface area contributed by atoms with Gasteiger partial charge in [0.15, 0.2) is 5.75 Å². The summed E-state index contributed by atoms with van der Waals surface area (Å²) in [6.45, 7) is 1.68. The molecule has 1 N–H and O–H groups in total. The zero-order valence-corrected chi connectivity index (χ0v) is 13.4. The minimum Gasteiger partial charge on any atom is -0.491 e. The van der Waals surface area contributed by atoms with Gasteiger partial charge in [0.05, 0.1) is 25.8 Å². The lowest BCUT2D eigenvalue weighted by Gasteiger charge is -2.42. The van der Waals surface area contributed by atoms with Gasteiger partial charge in [0.25, 0.3) is 10.9 Å². The Kier molecular flexibility index (Phi) is 5.63. The molecule has 1 saturated carbocycles. The van der Waals surface area contributed by atoms with Crippen LogP contribution in [0.25, 0.3) is 10.4 Å². The number of aliphatic hydroxyl groups is 1. The predicted molar refractivity (Wildman–Crippen MR) is 86.7 cm³/mol. The summed E-state index contributed by atoms with van der Waals surface area (Å²) >= 11 is 0. The summed E-state index contributed by atoms with van der Waals surface area (Å²) in [5.74, 6) is 0.0587. The number of nitrogens with zero attached hydrogens (tertiary/aromatic N) is 4. The van der Waals surface area contributed by atoms with Gasteiger partial charge in [-0.25, -0.2) is 0 Å². The van der Waals surface area contributed by atoms with Gasteiger partial charge in [-0.05, 0) is 25.3 Å². The van der Waals surface area contributed by atoms with E-state index < -0.39 is 23.0 Å². The van der Waals surface area contributed by atoms with E-state index in [1.807, 2.05) is 0 Å². The third-order valence-corrected chi connectivity index (χ3v) is 4.60. The molecule has 0 amide bonds. The molecular weight excluding hydrogens is 300 g/mol. The molecule has 1 aromatic carbocycles. The van der Waals surface area contributed by atoms with Gasteiger partial charge in [0, 0.05) is 11.0 Å². The Hall–Kier alpha value is -2.05. The van der Waals surface area contributed by atoms with Crippen LogP contribution in [0, 0.1) is 0 Å². The molecule has 8 heteroatoms. The number of aliphatic hydroxyl groups excluding tert-OH is 1. The molecule has 0 spiro atoms. The minimum atomic E-state index is -0.929. The Balaban J connectivity index is 2.35. The number of hydrogen-bond donors (Lipinski definition) is 1.